The zero-order valence-electron chi connectivity index (χ0n) is 38.5. The normalized spacial score (nSPS) is 55.7. The van der Waals surface area contributed by atoms with Crippen LogP contribution in [-0.2, 0) is 38.0 Å². The Morgan fingerprint density at radius 3 is 2.15 bits per heavy atom. The molecule has 0 bridgehead atoms. The van der Waals surface area contributed by atoms with Gasteiger partial charge >= 0.3 is 5.97 Å². The first-order valence-corrected chi connectivity index (χ1v) is 23.8. The third-order valence-electron chi connectivity index (χ3n) is 18.9. The van der Waals surface area contributed by atoms with Crippen LogP contribution >= 0.6 is 0 Å². The Balaban J connectivity index is 0.967. The van der Waals surface area contributed by atoms with Gasteiger partial charge in [0, 0.05) is 6.42 Å². The largest absolute Gasteiger partial charge is 0.432 e. The van der Waals surface area contributed by atoms with Crippen LogP contribution in [0.1, 0.15) is 112 Å². The first-order chi connectivity index (χ1) is 30.4. The Kier molecular flexibility index (Phi) is 13.5. The minimum atomic E-state index is -1.83. The van der Waals surface area contributed by atoms with E-state index >= 15 is 0 Å². The molecule has 18 nitrogen and oxygen atoms in total. The lowest BCUT2D eigenvalue weighted by Gasteiger charge is -2.70. The maximum absolute atomic E-state index is 14.9. The highest BCUT2D eigenvalue weighted by Gasteiger charge is 2.70. The Labute approximate surface area is 380 Å². The first kappa shape index (κ1) is 49.7. The van der Waals surface area contributed by atoms with Crippen molar-refractivity contribution in [3.8, 4) is 0 Å². The third-order valence-corrected chi connectivity index (χ3v) is 18.9. The molecular weight excluding hydrogens is 852 g/mol. The highest BCUT2D eigenvalue weighted by molar-refractivity contribution is 5.79. The van der Waals surface area contributed by atoms with Crippen molar-refractivity contribution in [3.05, 3.63) is 11.6 Å². The number of allylic oxidation sites excluding steroid dienone is 2. The van der Waals surface area contributed by atoms with Crippen molar-refractivity contribution in [2.75, 3.05) is 13.2 Å². The lowest BCUT2D eigenvalue weighted by molar-refractivity contribution is -0.345. The number of hydrogen-bond donors (Lipinski definition) is 10. The second-order valence-electron chi connectivity index (χ2n) is 22.4. The van der Waals surface area contributed by atoms with Gasteiger partial charge in [0.25, 0.3) is 0 Å². The number of hydrogen-bond acceptors (Lipinski definition) is 18. The van der Waals surface area contributed by atoms with Crippen molar-refractivity contribution in [2.24, 2.45) is 44.8 Å². The predicted octanol–water partition coefficient (Wildman–Crippen LogP) is 0.101. The van der Waals surface area contributed by atoms with Gasteiger partial charge in [-0.3, -0.25) is 4.79 Å². The number of ether oxygens (including phenoxy) is 6. The van der Waals surface area contributed by atoms with E-state index in [0.717, 1.165) is 37.5 Å². The molecule has 0 aromatic carbocycles. The smallest absolute Gasteiger partial charge is 0.315 e. The van der Waals surface area contributed by atoms with Crippen LogP contribution in [0.15, 0.2) is 11.6 Å². The molecule has 10 N–H and O–H groups in total. The number of esters is 1. The second-order valence-corrected chi connectivity index (χ2v) is 22.4. The van der Waals surface area contributed by atoms with Gasteiger partial charge < -0.3 is 84.3 Å². The molecule has 7 fully saturated rings. The van der Waals surface area contributed by atoms with Crippen molar-refractivity contribution in [1.29, 1.82) is 0 Å². The van der Waals surface area contributed by atoms with Crippen molar-refractivity contribution in [1.82, 2.24) is 0 Å². The van der Waals surface area contributed by atoms with Crippen LogP contribution in [0.2, 0.25) is 0 Å². The summed E-state index contributed by atoms with van der Waals surface area (Å²) >= 11 is 0. The fourth-order valence-corrected chi connectivity index (χ4v) is 14.5. The van der Waals surface area contributed by atoms with Gasteiger partial charge in [0.05, 0.1) is 48.0 Å². The summed E-state index contributed by atoms with van der Waals surface area (Å²) in [6, 6.07) is 0. The van der Waals surface area contributed by atoms with E-state index in [2.05, 4.69) is 26.8 Å². The summed E-state index contributed by atoms with van der Waals surface area (Å²) in [5.74, 6) is -0.826. The van der Waals surface area contributed by atoms with Gasteiger partial charge in [-0.25, -0.2) is 0 Å². The fraction of sp³-hybridized carbons (Fsp3) is 0.915. The van der Waals surface area contributed by atoms with E-state index in [9.17, 15) is 60.7 Å². The zero-order chi connectivity index (χ0) is 47.4. The van der Waals surface area contributed by atoms with E-state index in [1.165, 1.54) is 6.92 Å². The van der Waals surface area contributed by atoms with Crippen LogP contribution in [0.5, 0.6) is 0 Å². The fourth-order valence-electron chi connectivity index (χ4n) is 14.5. The van der Waals surface area contributed by atoms with Gasteiger partial charge in [-0.1, -0.05) is 39.3 Å². The van der Waals surface area contributed by atoms with Gasteiger partial charge in [-0.05, 0) is 112 Å². The minimum absolute atomic E-state index is 0.0208. The average Bonchev–Trinajstić information content (AvgIpc) is 3.26. The molecule has 0 spiro atoms. The van der Waals surface area contributed by atoms with Gasteiger partial charge in [0.2, 0.25) is 6.29 Å². The Morgan fingerprint density at radius 2 is 1.46 bits per heavy atom. The number of carbonyl (C=O) groups excluding carboxylic acids is 2. The van der Waals surface area contributed by atoms with E-state index in [4.69, 9.17) is 28.4 Å². The molecule has 65 heavy (non-hydrogen) atoms. The average molecular weight is 927 g/mol. The lowest BCUT2D eigenvalue weighted by Crippen LogP contribution is -2.66. The minimum Gasteiger partial charge on any atom is -0.432 e. The molecule has 4 saturated carbocycles. The number of carbonyl (C=O) groups is 2. The SMILES string of the molecule is CC1OC(OC2C(O)CC(OCC3OC(OC(=O)C45CCC(C)(O)CC4C4=CCC6C7(C)CCC(O)C(C)(C=O)C7CCC6(C)C4(C)CC5)C(O)C(O)C3O)OC2CO)C(O)C(O)C1O. The topological polar surface area (TPSA) is 292 Å². The molecular formula is C47H74O18. The maximum atomic E-state index is 14.9. The summed E-state index contributed by atoms with van der Waals surface area (Å²) in [5, 5.41) is 108. The third kappa shape index (κ3) is 7.90. The zero-order valence-corrected chi connectivity index (χ0v) is 38.5. The molecule has 8 rings (SSSR count). The van der Waals surface area contributed by atoms with E-state index in [-0.39, 0.29) is 34.5 Å². The maximum Gasteiger partial charge on any atom is 0.315 e. The molecule has 24 atom stereocenters. The number of rotatable bonds is 9. The van der Waals surface area contributed by atoms with Crippen molar-refractivity contribution < 1.29 is 89.1 Å². The monoisotopic (exact) mass is 926 g/mol. The van der Waals surface area contributed by atoms with Gasteiger partial charge in [0.15, 0.2) is 12.6 Å². The van der Waals surface area contributed by atoms with E-state index in [1.54, 1.807) is 6.92 Å². The van der Waals surface area contributed by atoms with Gasteiger partial charge in [-0.2, -0.15) is 0 Å². The van der Waals surface area contributed by atoms with Crippen molar-refractivity contribution in [3.63, 3.8) is 0 Å². The summed E-state index contributed by atoms with van der Waals surface area (Å²) in [5.41, 5.74) is -2.69. The van der Waals surface area contributed by atoms with Gasteiger partial charge in [0.1, 0.15) is 61.2 Å². The van der Waals surface area contributed by atoms with Crippen molar-refractivity contribution >= 4 is 12.3 Å². The van der Waals surface area contributed by atoms with Crippen LogP contribution in [0.4, 0.5) is 0 Å². The quantitative estimate of drug-likeness (QED) is 0.0834. The van der Waals surface area contributed by atoms with Crippen LogP contribution in [0.25, 0.3) is 0 Å². The van der Waals surface area contributed by atoms with Crippen LogP contribution in [-0.4, -0.2) is 174 Å². The molecule has 0 aromatic rings. The standard InChI is InChI=1S/C47H74O18/c1-22-32(52)34(54)36(56)39(61-22)64-38-25(50)17-31(62-26(38)19-48)60-20-27-33(53)35(55)37(57)40(63-27)65-41(58)47-15-13-42(2,59)18-24(47)23-7-8-29-43(3)11-10-30(51)44(4,21-49)28(43)9-12-46(29,6)45(23,5)14-16-47/h7,21-22,24-40,48,50-57,59H,8-20H2,1-6H3. The number of aliphatic hydroxyl groups excluding tert-OH is 9. The predicted molar refractivity (Wildman–Crippen MR) is 225 cm³/mol. The molecule has 0 amide bonds. The highest BCUT2D eigenvalue weighted by atomic mass is 16.7. The molecule has 8 aliphatic rings. The van der Waals surface area contributed by atoms with E-state index < -0.39 is 134 Å². The summed E-state index contributed by atoms with van der Waals surface area (Å²) in [6.45, 7) is 11.0. The Bertz CT molecular complexity index is 1800. The lowest BCUT2D eigenvalue weighted by atomic mass is 9.33. The first-order valence-electron chi connectivity index (χ1n) is 23.8. The summed E-state index contributed by atoms with van der Waals surface area (Å²) in [4.78, 5) is 27.5. The molecule has 0 aromatic heterocycles. The molecule has 3 aliphatic heterocycles. The molecule has 3 heterocycles. The number of aldehydes is 1. The number of fused-ring (bicyclic) bond motifs is 7. The molecule has 0 radical (unpaired) electrons. The Morgan fingerprint density at radius 1 is 0.785 bits per heavy atom. The van der Waals surface area contributed by atoms with E-state index in [1.807, 2.05) is 6.92 Å². The van der Waals surface area contributed by atoms with Crippen LogP contribution in [0.3, 0.4) is 0 Å². The summed E-state index contributed by atoms with van der Waals surface area (Å²) in [7, 11) is 0. The number of aliphatic hydroxyl groups is 10. The Hall–Kier alpha value is -1.72. The van der Waals surface area contributed by atoms with Crippen molar-refractivity contribution in [2.45, 2.75) is 210 Å². The van der Waals surface area contributed by atoms with E-state index in [0.29, 0.717) is 38.5 Å². The highest BCUT2D eigenvalue weighted by Crippen LogP contribution is 2.75. The summed E-state index contributed by atoms with van der Waals surface area (Å²) < 4.78 is 35.0. The summed E-state index contributed by atoms with van der Waals surface area (Å²) in [6.07, 6.45) is -12.5. The molecule has 24 unspecified atom stereocenters. The van der Waals surface area contributed by atoms with Crippen LogP contribution < -0.4 is 0 Å². The molecule has 5 aliphatic carbocycles. The molecule has 18 heteroatoms. The molecule has 3 saturated heterocycles. The second kappa shape index (κ2) is 17.6. The van der Waals surface area contributed by atoms with Crippen LogP contribution in [0, 0.1) is 44.8 Å². The molecule has 370 valence electrons. The van der Waals surface area contributed by atoms with Gasteiger partial charge in [-0.15, -0.1) is 0 Å².